The van der Waals surface area contributed by atoms with Crippen LogP contribution in [0.25, 0.3) is 0 Å². The first-order chi connectivity index (χ1) is 10.8. The summed E-state index contributed by atoms with van der Waals surface area (Å²) in [7, 11) is 0. The minimum absolute atomic E-state index is 0.0101. The van der Waals surface area contributed by atoms with Crippen LogP contribution in [0.3, 0.4) is 0 Å². The van der Waals surface area contributed by atoms with E-state index in [1.807, 2.05) is 30.3 Å². The van der Waals surface area contributed by atoms with E-state index in [2.05, 4.69) is 0 Å². The lowest BCUT2D eigenvalue weighted by Gasteiger charge is -2.26. The molecule has 1 saturated heterocycles. The maximum absolute atomic E-state index is 14.0. The third-order valence-electron chi connectivity index (χ3n) is 3.83. The van der Waals surface area contributed by atoms with E-state index in [0.717, 1.165) is 25.1 Å². The minimum Gasteiger partial charge on any atom is -0.376 e. The molecule has 2 aromatic rings. The van der Waals surface area contributed by atoms with E-state index in [-0.39, 0.29) is 17.6 Å². The zero-order chi connectivity index (χ0) is 15.4. The number of ether oxygens (including phenoxy) is 1. The van der Waals surface area contributed by atoms with Crippen molar-refractivity contribution in [2.45, 2.75) is 18.9 Å². The molecule has 3 rings (SSSR count). The summed E-state index contributed by atoms with van der Waals surface area (Å²) in [5.74, 6) is -0.833. The number of anilines is 1. The van der Waals surface area contributed by atoms with Crippen molar-refractivity contribution in [2.24, 2.45) is 0 Å². The summed E-state index contributed by atoms with van der Waals surface area (Å²) in [6.07, 6.45) is 1.94. The van der Waals surface area contributed by atoms with E-state index in [1.54, 1.807) is 17.0 Å². The number of nitrogens with zero attached hydrogens (tertiary/aromatic N) is 1. The Labute approximate surface area is 129 Å². The molecule has 0 aromatic heterocycles. The van der Waals surface area contributed by atoms with Gasteiger partial charge in [-0.05, 0) is 37.1 Å². The molecule has 2 aromatic carbocycles. The van der Waals surface area contributed by atoms with Gasteiger partial charge < -0.3 is 9.64 Å². The van der Waals surface area contributed by atoms with Gasteiger partial charge >= 0.3 is 0 Å². The molecule has 1 fully saturated rings. The van der Waals surface area contributed by atoms with Gasteiger partial charge in [-0.15, -0.1) is 0 Å². The van der Waals surface area contributed by atoms with Crippen LogP contribution in [-0.2, 0) is 4.74 Å². The number of benzene rings is 2. The zero-order valence-corrected chi connectivity index (χ0v) is 12.2. The smallest absolute Gasteiger partial charge is 0.261 e. The fourth-order valence-corrected chi connectivity index (χ4v) is 2.69. The number of carbonyl (C=O) groups is 1. The monoisotopic (exact) mass is 299 g/mol. The molecule has 3 nitrogen and oxygen atoms in total. The average Bonchev–Trinajstić information content (AvgIpc) is 3.06. The van der Waals surface area contributed by atoms with Gasteiger partial charge in [0.25, 0.3) is 5.91 Å². The van der Waals surface area contributed by atoms with E-state index < -0.39 is 5.82 Å². The molecule has 0 saturated carbocycles. The second-order valence-corrected chi connectivity index (χ2v) is 5.37. The van der Waals surface area contributed by atoms with Gasteiger partial charge in [-0.2, -0.15) is 0 Å². The number of halogens is 1. The first-order valence-electron chi connectivity index (χ1n) is 7.49. The highest BCUT2D eigenvalue weighted by Crippen LogP contribution is 2.22. The van der Waals surface area contributed by atoms with Crippen molar-refractivity contribution in [1.82, 2.24) is 0 Å². The molecule has 4 heteroatoms. The number of amides is 1. The molecule has 0 N–H and O–H groups in total. The number of rotatable bonds is 4. The lowest BCUT2D eigenvalue weighted by Crippen LogP contribution is -2.37. The standard InChI is InChI=1S/C18H18FNO2/c19-17-11-5-4-10-16(17)18(21)20(13-15-9-6-12-22-15)14-7-2-1-3-8-14/h1-5,7-8,10-11,15H,6,9,12-13H2. The predicted molar refractivity (Wildman–Crippen MR) is 83.5 cm³/mol. The maximum Gasteiger partial charge on any atom is 0.261 e. The van der Waals surface area contributed by atoms with E-state index in [9.17, 15) is 9.18 Å². The molecule has 114 valence electrons. The third-order valence-corrected chi connectivity index (χ3v) is 3.83. The highest BCUT2D eigenvalue weighted by Gasteiger charge is 2.25. The van der Waals surface area contributed by atoms with Crippen LogP contribution < -0.4 is 4.90 Å². The van der Waals surface area contributed by atoms with Crippen molar-refractivity contribution in [3.63, 3.8) is 0 Å². The highest BCUT2D eigenvalue weighted by atomic mass is 19.1. The second-order valence-electron chi connectivity index (χ2n) is 5.37. The predicted octanol–water partition coefficient (Wildman–Crippen LogP) is 3.65. The number of para-hydroxylation sites is 1. The summed E-state index contributed by atoms with van der Waals surface area (Å²) in [5.41, 5.74) is 0.843. The van der Waals surface area contributed by atoms with Gasteiger partial charge in [0.1, 0.15) is 5.82 Å². The van der Waals surface area contributed by atoms with Gasteiger partial charge in [0.2, 0.25) is 0 Å². The van der Waals surface area contributed by atoms with Gasteiger partial charge in [-0.25, -0.2) is 4.39 Å². The van der Waals surface area contributed by atoms with Crippen molar-refractivity contribution in [2.75, 3.05) is 18.1 Å². The Bertz CT molecular complexity index is 639. The lowest BCUT2D eigenvalue weighted by molar-refractivity contribution is 0.0914. The Morgan fingerprint density at radius 3 is 2.55 bits per heavy atom. The molecular weight excluding hydrogens is 281 g/mol. The second kappa shape index (κ2) is 6.71. The number of hydrogen-bond donors (Lipinski definition) is 0. The molecule has 0 spiro atoms. The molecular formula is C18H18FNO2. The first kappa shape index (κ1) is 14.7. The lowest BCUT2D eigenvalue weighted by atomic mass is 10.1. The zero-order valence-electron chi connectivity index (χ0n) is 12.2. The van der Waals surface area contributed by atoms with Crippen LogP contribution >= 0.6 is 0 Å². The molecule has 1 aliphatic rings. The normalized spacial score (nSPS) is 17.4. The van der Waals surface area contributed by atoms with Crippen LogP contribution in [0.1, 0.15) is 23.2 Å². The van der Waals surface area contributed by atoms with Gasteiger partial charge in [0.15, 0.2) is 0 Å². The van der Waals surface area contributed by atoms with Crippen molar-refractivity contribution in [3.8, 4) is 0 Å². The topological polar surface area (TPSA) is 29.5 Å². The van der Waals surface area contributed by atoms with Crippen LogP contribution in [0.2, 0.25) is 0 Å². The number of carbonyl (C=O) groups excluding carboxylic acids is 1. The van der Waals surface area contributed by atoms with Crippen molar-refractivity contribution < 1.29 is 13.9 Å². The fraction of sp³-hybridized carbons (Fsp3) is 0.278. The highest BCUT2D eigenvalue weighted by molar-refractivity contribution is 6.06. The van der Waals surface area contributed by atoms with Crippen molar-refractivity contribution >= 4 is 11.6 Å². The third kappa shape index (κ3) is 3.17. The van der Waals surface area contributed by atoms with E-state index >= 15 is 0 Å². The summed E-state index contributed by atoms with van der Waals surface area (Å²) in [6.45, 7) is 1.17. The summed E-state index contributed by atoms with van der Waals surface area (Å²) < 4.78 is 19.6. The van der Waals surface area contributed by atoms with Gasteiger partial charge in [-0.3, -0.25) is 4.79 Å². The summed E-state index contributed by atoms with van der Waals surface area (Å²) in [5, 5.41) is 0. The molecule has 1 unspecified atom stereocenters. The molecule has 0 radical (unpaired) electrons. The molecule has 1 heterocycles. The Morgan fingerprint density at radius 2 is 1.86 bits per heavy atom. The van der Waals surface area contributed by atoms with Crippen LogP contribution in [0, 0.1) is 5.82 Å². The van der Waals surface area contributed by atoms with Gasteiger partial charge in [0.05, 0.1) is 18.2 Å². The fourth-order valence-electron chi connectivity index (χ4n) is 2.69. The van der Waals surface area contributed by atoms with Crippen LogP contribution in [0.15, 0.2) is 54.6 Å². The largest absolute Gasteiger partial charge is 0.376 e. The van der Waals surface area contributed by atoms with Crippen LogP contribution in [0.4, 0.5) is 10.1 Å². The van der Waals surface area contributed by atoms with Crippen molar-refractivity contribution in [3.05, 3.63) is 66.0 Å². The molecule has 22 heavy (non-hydrogen) atoms. The molecule has 1 atom stereocenters. The Hall–Kier alpha value is -2.20. The Kier molecular flexibility index (Phi) is 4.49. The van der Waals surface area contributed by atoms with E-state index in [1.165, 1.54) is 12.1 Å². The SMILES string of the molecule is O=C(c1ccccc1F)N(CC1CCCO1)c1ccccc1. The molecule has 0 bridgehead atoms. The summed E-state index contributed by atoms with van der Waals surface area (Å²) in [4.78, 5) is 14.4. The molecule has 0 aliphatic carbocycles. The molecule has 1 amide bonds. The van der Waals surface area contributed by atoms with Crippen LogP contribution in [0.5, 0.6) is 0 Å². The molecule has 1 aliphatic heterocycles. The van der Waals surface area contributed by atoms with E-state index in [0.29, 0.717) is 6.54 Å². The maximum atomic E-state index is 14.0. The van der Waals surface area contributed by atoms with E-state index in [4.69, 9.17) is 4.74 Å². The number of hydrogen-bond acceptors (Lipinski definition) is 2. The van der Waals surface area contributed by atoms with Gasteiger partial charge in [0, 0.05) is 12.3 Å². The quantitative estimate of drug-likeness (QED) is 0.862. The summed E-state index contributed by atoms with van der Waals surface area (Å²) in [6, 6.07) is 15.4. The van der Waals surface area contributed by atoms with Crippen molar-refractivity contribution in [1.29, 1.82) is 0 Å². The summed E-state index contributed by atoms with van der Waals surface area (Å²) >= 11 is 0. The minimum atomic E-state index is -0.499. The van der Waals surface area contributed by atoms with Gasteiger partial charge in [-0.1, -0.05) is 30.3 Å². The average molecular weight is 299 g/mol. The Balaban J connectivity index is 1.90. The van der Waals surface area contributed by atoms with Crippen LogP contribution in [-0.4, -0.2) is 25.2 Å². The Morgan fingerprint density at radius 1 is 1.14 bits per heavy atom. The first-order valence-corrected chi connectivity index (χ1v) is 7.49.